The molecule has 0 aliphatic rings. The molecular formula is C20H20N2O3. The van der Waals surface area contributed by atoms with Gasteiger partial charge in [0.2, 0.25) is 0 Å². The molecule has 2 aromatic carbocycles. The SMILES string of the molecule is CN(Cc1ccc(OCC(=O)O)cc1)Cc1cccc2cnccc12. The minimum atomic E-state index is -0.978. The van der Waals surface area contributed by atoms with Gasteiger partial charge in [0.15, 0.2) is 6.61 Å². The van der Waals surface area contributed by atoms with Crippen LogP contribution in [0.2, 0.25) is 0 Å². The number of rotatable bonds is 7. The molecule has 0 saturated carbocycles. The molecule has 1 N–H and O–H groups in total. The maximum absolute atomic E-state index is 10.5. The number of fused-ring (bicyclic) bond motifs is 1. The molecule has 25 heavy (non-hydrogen) atoms. The highest BCUT2D eigenvalue weighted by molar-refractivity contribution is 5.84. The summed E-state index contributed by atoms with van der Waals surface area (Å²) in [5, 5.41) is 11.0. The van der Waals surface area contributed by atoms with Crippen LogP contribution < -0.4 is 4.74 Å². The zero-order valence-corrected chi connectivity index (χ0v) is 14.1. The van der Waals surface area contributed by atoms with Crippen molar-refractivity contribution < 1.29 is 14.6 Å². The minimum absolute atomic E-state index is 0.324. The van der Waals surface area contributed by atoms with Crippen molar-refractivity contribution in [3.63, 3.8) is 0 Å². The number of carbonyl (C=O) groups is 1. The van der Waals surface area contributed by atoms with Gasteiger partial charge in [-0.1, -0.05) is 30.3 Å². The van der Waals surface area contributed by atoms with Gasteiger partial charge in [-0.05, 0) is 41.8 Å². The van der Waals surface area contributed by atoms with Gasteiger partial charge in [0.1, 0.15) is 5.75 Å². The molecule has 0 aliphatic carbocycles. The number of aromatic nitrogens is 1. The Bertz CT molecular complexity index is 857. The Balaban J connectivity index is 1.64. The molecule has 0 saturated heterocycles. The second-order valence-corrected chi connectivity index (χ2v) is 6.01. The lowest BCUT2D eigenvalue weighted by molar-refractivity contribution is -0.139. The first-order chi connectivity index (χ1) is 12.1. The van der Waals surface area contributed by atoms with Crippen LogP contribution in [0, 0.1) is 0 Å². The number of ether oxygens (including phenoxy) is 1. The Morgan fingerprint density at radius 3 is 2.68 bits per heavy atom. The fraction of sp³-hybridized carbons (Fsp3) is 0.200. The van der Waals surface area contributed by atoms with E-state index in [-0.39, 0.29) is 6.61 Å². The number of pyridine rings is 1. The Morgan fingerprint density at radius 2 is 1.92 bits per heavy atom. The third-order valence-electron chi connectivity index (χ3n) is 3.95. The van der Waals surface area contributed by atoms with E-state index in [1.165, 1.54) is 10.9 Å². The van der Waals surface area contributed by atoms with Gasteiger partial charge in [-0.25, -0.2) is 4.79 Å². The zero-order chi connectivity index (χ0) is 17.6. The molecule has 1 aromatic heterocycles. The molecule has 0 fully saturated rings. The molecule has 3 rings (SSSR count). The van der Waals surface area contributed by atoms with E-state index in [1.54, 1.807) is 12.1 Å². The van der Waals surface area contributed by atoms with E-state index >= 15 is 0 Å². The van der Waals surface area contributed by atoms with Gasteiger partial charge < -0.3 is 9.84 Å². The van der Waals surface area contributed by atoms with E-state index in [0.29, 0.717) is 5.75 Å². The van der Waals surface area contributed by atoms with Crippen molar-refractivity contribution in [1.82, 2.24) is 9.88 Å². The van der Waals surface area contributed by atoms with Gasteiger partial charge in [-0.15, -0.1) is 0 Å². The molecule has 5 heteroatoms. The van der Waals surface area contributed by atoms with Gasteiger partial charge in [0.25, 0.3) is 0 Å². The van der Waals surface area contributed by atoms with Crippen LogP contribution in [0.1, 0.15) is 11.1 Å². The summed E-state index contributed by atoms with van der Waals surface area (Å²) in [7, 11) is 2.08. The quantitative estimate of drug-likeness (QED) is 0.717. The Labute approximate surface area is 146 Å². The lowest BCUT2D eigenvalue weighted by Crippen LogP contribution is -2.17. The van der Waals surface area contributed by atoms with Crippen molar-refractivity contribution in [2.24, 2.45) is 0 Å². The third-order valence-corrected chi connectivity index (χ3v) is 3.95. The highest BCUT2D eigenvalue weighted by atomic mass is 16.5. The number of nitrogens with zero attached hydrogens (tertiary/aromatic N) is 2. The summed E-state index contributed by atoms with van der Waals surface area (Å²) in [6.45, 7) is 1.30. The number of benzene rings is 2. The van der Waals surface area contributed by atoms with Gasteiger partial charge >= 0.3 is 5.97 Å². The lowest BCUT2D eigenvalue weighted by Gasteiger charge is -2.18. The number of hydrogen-bond donors (Lipinski definition) is 1. The molecule has 0 bridgehead atoms. The molecule has 0 aliphatic heterocycles. The van der Waals surface area contributed by atoms with Crippen molar-refractivity contribution >= 4 is 16.7 Å². The van der Waals surface area contributed by atoms with Crippen LogP contribution in [0.3, 0.4) is 0 Å². The van der Waals surface area contributed by atoms with Crippen LogP contribution in [0.4, 0.5) is 0 Å². The molecule has 3 aromatic rings. The lowest BCUT2D eigenvalue weighted by atomic mass is 10.1. The molecule has 1 heterocycles. The summed E-state index contributed by atoms with van der Waals surface area (Å²) in [4.78, 5) is 16.9. The molecule has 128 valence electrons. The molecule has 0 radical (unpaired) electrons. The van der Waals surface area contributed by atoms with E-state index in [9.17, 15) is 4.79 Å². The van der Waals surface area contributed by atoms with E-state index < -0.39 is 5.97 Å². The highest BCUT2D eigenvalue weighted by Gasteiger charge is 2.06. The second-order valence-electron chi connectivity index (χ2n) is 6.01. The first-order valence-electron chi connectivity index (χ1n) is 8.05. The summed E-state index contributed by atoms with van der Waals surface area (Å²) in [5.74, 6) is -0.413. The average Bonchev–Trinajstić information content (AvgIpc) is 2.61. The van der Waals surface area contributed by atoms with E-state index in [4.69, 9.17) is 9.84 Å². The molecule has 0 spiro atoms. The predicted octanol–water partition coefficient (Wildman–Crippen LogP) is 3.33. The van der Waals surface area contributed by atoms with Crippen LogP contribution in [-0.4, -0.2) is 34.6 Å². The first kappa shape index (κ1) is 16.9. The van der Waals surface area contributed by atoms with Crippen LogP contribution in [0.5, 0.6) is 5.75 Å². The average molecular weight is 336 g/mol. The summed E-state index contributed by atoms with van der Waals surface area (Å²) < 4.78 is 5.15. The molecule has 0 atom stereocenters. The van der Waals surface area contributed by atoms with E-state index in [0.717, 1.165) is 24.0 Å². The summed E-state index contributed by atoms with van der Waals surface area (Å²) in [6.07, 6.45) is 3.70. The maximum Gasteiger partial charge on any atom is 0.341 e. The smallest absolute Gasteiger partial charge is 0.341 e. The van der Waals surface area contributed by atoms with Gasteiger partial charge in [0, 0.05) is 30.9 Å². The fourth-order valence-electron chi connectivity index (χ4n) is 2.82. The normalized spacial score (nSPS) is 11.0. The fourth-order valence-corrected chi connectivity index (χ4v) is 2.82. The zero-order valence-electron chi connectivity index (χ0n) is 14.1. The van der Waals surface area contributed by atoms with Crippen molar-refractivity contribution in [3.8, 4) is 5.75 Å². The largest absolute Gasteiger partial charge is 0.482 e. The second kappa shape index (κ2) is 7.77. The van der Waals surface area contributed by atoms with Crippen LogP contribution in [-0.2, 0) is 17.9 Å². The monoisotopic (exact) mass is 336 g/mol. The highest BCUT2D eigenvalue weighted by Crippen LogP contribution is 2.20. The summed E-state index contributed by atoms with van der Waals surface area (Å²) in [6, 6.07) is 15.8. The number of carboxylic acid groups (broad SMARTS) is 1. The van der Waals surface area contributed by atoms with Crippen molar-refractivity contribution in [2.45, 2.75) is 13.1 Å². The summed E-state index contributed by atoms with van der Waals surface area (Å²) >= 11 is 0. The summed E-state index contributed by atoms with van der Waals surface area (Å²) in [5.41, 5.74) is 2.41. The molecular weight excluding hydrogens is 316 g/mol. The number of carboxylic acids is 1. The molecule has 5 nitrogen and oxygen atoms in total. The van der Waals surface area contributed by atoms with E-state index in [1.807, 2.05) is 30.6 Å². The first-order valence-corrected chi connectivity index (χ1v) is 8.05. The van der Waals surface area contributed by atoms with Crippen molar-refractivity contribution in [2.75, 3.05) is 13.7 Å². The molecule has 0 amide bonds. The van der Waals surface area contributed by atoms with Gasteiger partial charge in [-0.2, -0.15) is 0 Å². The Hall–Kier alpha value is -2.92. The predicted molar refractivity (Wildman–Crippen MR) is 96.5 cm³/mol. The standard InChI is InChI=1S/C20H20N2O3/c1-22(12-15-5-7-18(8-6-15)25-14-20(23)24)13-17-4-2-3-16-11-21-10-9-19(16)17/h2-11H,12-14H2,1H3,(H,23,24). The van der Waals surface area contributed by atoms with Crippen molar-refractivity contribution in [3.05, 3.63) is 72.1 Å². The maximum atomic E-state index is 10.5. The molecule has 0 unspecified atom stereocenters. The van der Waals surface area contributed by atoms with Crippen LogP contribution in [0.25, 0.3) is 10.8 Å². The topological polar surface area (TPSA) is 62.7 Å². The number of hydrogen-bond acceptors (Lipinski definition) is 4. The third kappa shape index (κ3) is 4.55. The van der Waals surface area contributed by atoms with Gasteiger partial charge in [-0.3, -0.25) is 9.88 Å². The van der Waals surface area contributed by atoms with Gasteiger partial charge in [0.05, 0.1) is 0 Å². The van der Waals surface area contributed by atoms with Crippen molar-refractivity contribution in [1.29, 1.82) is 0 Å². The Morgan fingerprint density at radius 1 is 1.12 bits per heavy atom. The van der Waals surface area contributed by atoms with Crippen LogP contribution in [0.15, 0.2) is 60.9 Å². The van der Waals surface area contributed by atoms with Crippen LogP contribution >= 0.6 is 0 Å². The van der Waals surface area contributed by atoms with E-state index in [2.05, 4.69) is 35.1 Å². The Kier molecular flexibility index (Phi) is 5.26. The minimum Gasteiger partial charge on any atom is -0.482 e. The number of aliphatic carboxylic acids is 1.